The molecular weight excluding hydrogens is 290 g/mol. The van der Waals surface area contributed by atoms with E-state index >= 15 is 0 Å². The molecule has 112 valence electrons. The summed E-state index contributed by atoms with van der Waals surface area (Å²) in [6.07, 6.45) is 3.22. The van der Waals surface area contributed by atoms with Gasteiger partial charge >= 0.3 is 5.97 Å². The molecule has 0 N–H and O–H groups in total. The van der Waals surface area contributed by atoms with Crippen molar-refractivity contribution in [2.24, 2.45) is 0 Å². The average Bonchev–Trinajstić information content (AvgIpc) is 2.44. The molecule has 0 radical (unpaired) electrons. The monoisotopic (exact) mass is 301 g/mol. The Balaban J connectivity index is 2.62. The fraction of sp³-hybridized carbons (Fsp3) is 0.286. The van der Waals surface area contributed by atoms with Crippen molar-refractivity contribution in [2.45, 2.75) is 19.3 Å². The Bertz CT molecular complexity index is 667. The second kappa shape index (κ2) is 5.67. The maximum atomic E-state index is 13.9. The second-order valence-electron chi connectivity index (χ2n) is 4.58. The summed E-state index contributed by atoms with van der Waals surface area (Å²) in [5.74, 6) is -8.97. The van der Waals surface area contributed by atoms with Crippen molar-refractivity contribution >= 4 is 5.97 Å². The van der Waals surface area contributed by atoms with Gasteiger partial charge in [-0.15, -0.1) is 0 Å². The van der Waals surface area contributed by atoms with Crippen LogP contribution in [-0.2, 0) is 9.53 Å². The molecule has 0 bridgehead atoms. The molecule has 21 heavy (non-hydrogen) atoms. The van der Waals surface area contributed by atoms with Crippen LogP contribution >= 0.6 is 0 Å². The van der Waals surface area contributed by atoms with E-state index in [1.54, 1.807) is 6.92 Å². The van der Waals surface area contributed by atoms with Crippen LogP contribution in [0.4, 0.5) is 17.6 Å². The van der Waals surface area contributed by atoms with Crippen LogP contribution in [-0.4, -0.2) is 18.1 Å². The van der Waals surface area contributed by atoms with E-state index in [0.717, 1.165) is 12.7 Å². The lowest BCUT2D eigenvalue weighted by Crippen LogP contribution is -2.19. The first-order valence-corrected chi connectivity index (χ1v) is 6.02. The molecule has 0 spiro atoms. The predicted octanol–water partition coefficient (Wildman–Crippen LogP) is 3.17. The first-order valence-electron chi connectivity index (χ1n) is 6.02. The zero-order valence-electron chi connectivity index (χ0n) is 11.2. The van der Waals surface area contributed by atoms with Crippen LogP contribution in [0.5, 0.6) is 0 Å². The Morgan fingerprint density at radius 2 is 1.90 bits per heavy atom. The van der Waals surface area contributed by atoms with Gasteiger partial charge in [0.2, 0.25) is 11.8 Å². The van der Waals surface area contributed by atoms with Crippen LogP contribution in [0.25, 0.3) is 0 Å². The van der Waals surface area contributed by atoms with E-state index in [9.17, 15) is 22.4 Å². The first-order chi connectivity index (χ1) is 9.86. The zero-order chi connectivity index (χ0) is 15.7. The van der Waals surface area contributed by atoms with Gasteiger partial charge in [-0.25, -0.2) is 9.18 Å². The van der Waals surface area contributed by atoms with Crippen molar-refractivity contribution in [3.05, 3.63) is 52.4 Å². The number of aromatic nitrogens is 1. The number of carbonyl (C=O) groups is 1. The number of hydrogen-bond donors (Lipinski definition) is 0. The third-order valence-corrected chi connectivity index (χ3v) is 3.19. The van der Waals surface area contributed by atoms with Gasteiger partial charge in [-0.2, -0.15) is 18.2 Å². The molecule has 1 aromatic rings. The molecule has 0 amide bonds. The maximum Gasteiger partial charge on any atom is 0.334 e. The van der Waals surface area contributed by atoms with Gasteiger partial charge in [-0.3, -0.25) is 0 Å². The lowest BCUT2D eigenvalue weighted by molar-refractivity contribution is -0.136. The molecule has 2 rings (SSSR count). The normalized spacial score (nSPS) is 18.1. The minimum absolute atomic E-state index is 0.0475. The largest absolute Gasteiger partial charge is 0.466 e. The molecule has 1 aliphatic rings. The highest BCUT2D eigenvalue weighted by Crippen LogP contribution is 2.36. The SMILES string of the molecule is COC(=O)C1=CCC(C)=CC1c1c(F)nc(F)c(F)c1F. The number of hydrogen-bond acceptors (Lipinski definition) is 3. The highest BCUT2D eigenvalue weighted by Gasteiger charge is 2.32. The summed E-state index contributed by atoms with van der Waals surface area (Å²) >= 11 is 0. The number of halogens is 4. The quantitative estimate of drug-likeness (QED) is 0.364. The highest BCUT2D eigenvalue weighted by molar-refractivity contribution is 5.91. The number of nitrogens with zero attached hydrogens (tertiary/aromatic N) is 1. The summed E-state index contributed by atoms with van der Waals surface area (Å²) in [7, 11) is 1.11. The number of carbonyl (C=O) groups excluding carboxylic acids is 1. The molecular formula is C14H11F4NO2. The molecule has 0 saturated carbocycles. The van der Waals surface area contributed by atoms with Crippen LogP contribution in [0.3, 0.4) is 0 Å². The fourth-order valence-corrected chi connectivity index (χ4v) is 2.17. The molecule has 1 unspecified atom stereocenters. The second-order valence-corrected chi connectivity index (χ2v) is 4.58. The number of ether oxygens (including phenoxy) is 1. The molecule has 1 aromatic heterocycles. The summed E-state index contributed by atoms with van der Waals surface area (Å²) < 4.78 is 58.4. The van der Waals surface area contributed by atoms with Gasteiger partial charge in [0.15, 0.2) is 5.82 Å². The number of esters is 1. The maximum absolute atomic E-state index is 13.9. The van der Waals surface area contributed by atoms with E-state index in [1.807, 2.05) is 0 Å². The highest BCUT2D eigenvalue weighted by atomic mass is 19.2. The zero-order valence-corrected chi connectivity index (χ0v) is 11.2. The Kier molecular flexibility index (Phi) is 4.11. The third kappa shape index (κ3) is 2.68. The van der Waals surface area contributed by atoms with Gasteiger partial charge in [0.1, 0.15) is 0 Å². The van der Waals surface area contributed by atoms with Gasteiger partial charge in [0.05, 0.1) is 12.7 Å². The lowest BCUT2D eigenvalue weighted by atomic mass is 9.84. The molecule has 0 aromatic carbocycles. The van der Waals surface area contributed by atoms with Gasteiger partial charge in [-0.05, 0) is 13.3 Å². The third-order valence-electron chi connectivity index (χ3n) is 3.19. The van der Waals surface area contributed by atoms with Crippen LogP contribution in [0.2, 0.25) is 0 Å². The smallest absolute Gasteiger partial charge is 0.334 e. The van der Waals surface area contributed by atoms with Gasteiger partial charge in [0, 0.05) is 11.5 Å². The van der Waals surface area contributed by atoms with Crippen molar-refractivity contribution in [3.8, 4) is 0 Å². The molecule has 7 heteroatoms. The summed E-state index contributed by atoms with van der Waals surface area (Å²) in [5, 5.41) is 0. The fourth-order valence-electron chi connectivity index (χ4n) is 2.17. The topological polar surface area (TPSA) is 39.2 Å². The van der Waals surface area contributed by atoms with Gasteiger partial charge < -0.3 is 4.74 Å². The van der Waals surface area contributed by atoms with Crippen molar-refractivity contribution in [2.75, 3.05) is 7.11 Å². The molecule has 1 atom stereocenters. The van der Waals surface area contributed by atoms with E-state index in [2.05, 4.69) is 9.72 Å². The van der Waals surface area contributed by atoms with Gasteiger partial charge in [0.25, 0.3) is 5.95 Å². The Hall–Kier alpha value is -2.18. The van der Waals surface area contributed by atoms with Crippen LogP contribution in [0.1, 0.15) is 24.8 Å². The van der Waals surface area contributed by atoms with Crippen molar-refractivity contribution in [1.82, 2.24) is 4.98 Å². The summed E-state index contributed by atoms with van der Waals surface area (Å²) in [6, 6.07) is 0. The van der Waals surface area contributed by atoms with Gasteiger partial charge in [-0.1, -0.05) is 17.7 Å². The average molecular weight is 301 g/mol. The van der Waals surface area contributed by atoms with Crippen LogP contribution in [0, 0.1) is 23.5 Å². The van der Waals surface area contributed by atoms with Crippen molar-refractivity contribution in [3.63, 3.8) is 0 Å². The number of pyridine rings is 1. The van der Waals surface area contributed by atoms with Crippen molar-refractivity contribution < 1.29 is 27.1 Å². The number of rotatable bonds is 2. The predicted molar refractivity (Wildman–Crippen MR) is 65.3 cm³/mol. The molecule has 0 fully saturated rings. The van der Waals surface area contributed by atoms with Crippen LogP contribution < -0.4 is 0 Å². The van der Waals surface area contributed by atoms with E-state index < -0.39 is 41.0 Å². The Morgan fingerprint density at radius 3 is 2.52 bits per heavy atom. The van der Waals surface area contributed by atoms with E-state index in [4.69, 9.17) is 0 Å². The Morgan fingerprint density at radius 1 is 1.24 bits per heavy atom. The first kappa shape index (κ1) is 15.2. The minimum Gasteiger partial charge on any atom is -0.466 e. The lowest BCUT2D eigenvalue weighted by Gasteiger charge is -2.21. The summed E-state index contributed by atoms with van der Waals surface area (Å²) in [6.45, 7) is 1.68. The summed E-state index contributed by atoms with van der Waals surface area (Å²) in [5.41, 5.74) is -0.144. The minimum atomic E-state index is -1.88. The van der Waals surface area contributed by atoms with E-state index in [-0.39, 0.29) is 5.57 Å². The number of methoxy groups -OCH3 is 1. The summed E-state index contributed by atoms with van der Waals surface area (Å²) in [4.78, 5) is 14.4. The number of allylic oxidation sites excluding steroid dienone is 3. The van der Waals surface area contributed by atoms with Crippen molar-refractivity contribution in [1.29, 1.82) is 0 Å². The molecule has 0 aliphatic heterocycles. The van der Waals surface area contributed by atoms with Crippen LogP contribution in [0.15, 0.2) is 23.3 Å². The molecule has 0 saturated heterocycles. The standard InChI is InChI=1S/C14H11F4NO2/c1-6-3-4-7(14(20)21-2)8(5-6)9-10(15)11(16)13(18)19-12(9)17/h4-5,8H,3H2,1-2H3. The van der Waals surface area contributed by atoms with E-state index in [0.29, 0.717) is 6.42 Å². The Labute approximate surface area is 117 Å². The van der Waals surface area contributed by atoms with E-state index in [1.165, 1.54) is 12.2 Å². The molecule has 1 aliphatic carbocycles. The molecule has 3 nitrogen and oxygen atoms in total. The molecule has 1 heterocycles.